The lowest BCUT2D eigenvalue weighted by atomic mass is 9.84. The Balaban J connectivity index is 1.33. The van der Waals surface area contributed by atoms with E-state index in [4.69, 9.17) is 10.5 Å². The van der Waals surface area contributed by atoms with Gasteiger partial charge in [0, 0.05) is 11.7 Å². The summed E-state index contributed by atoms with van der Waals surface area (Å²) in [6.07, 6.45) is 0. The highest BCUT2D eigenvalue weighted by Crippen LogP contribution is 2.49. The molecule has 1 aliphatic carbocycles. The fourth-order valence-corrected chi connectivity index (χ4v) is 7.52. The number of esters is 1. The Bertz CT molecular complexity index is 1600. The molecule has 0 unspecified atom stereocenters. The molecule has 0 aromatic heterocycles. The molecule has 0 amide bonds. The monoisotopic (exact) mass is 585 g/mol. The third-order valence-electron chi connectivity index (χ3n) is 8.15. The Morgan fingerprint density at radius 2 is 1.05 bits per heavy atom. The topological polar surface area (TPSA) is 89.6 Å². The normalized spacial score (nSPS) is 13.9. The Hall–Kier alpha value is -4.65. The smallest absolute Gasteiger partial charge is 0.338 e. The van der Waals surface area contributed by atoms with Crippen molar-refractivity contribution in [2.45, 2.75) is 16.2 Å². The SMILES string of the molecule is N[C@@](CSC(c1ccccc1)(c1ccccc1)c1ccccc1)(C(=O)O)C(=O)OCC1c2ccccc2-c2ccccc21. The van der Waals surface area contributed by atoms with Gasteiger partial charge in [-0.1, -0.05) is 140 Å². The molecule has 43 heavy (non-hydrogen) atoms. The minimum absolute atomic E-state index is 0.00897. The molecule has 0 spiro atoms. The number of hydrogen-bond donors (Lipinski definition) is 2. The first kappa shape index (κ1) is 28.5. The Morgan fingerprint density at radius 1 is 0.651 bits per heavy atom. The van der Waals surface area contributed by atoms with Crippen LogP contribution in [-0.4, -0.2) is 34.9 Å². The molecule has 0 fully saturated rings. The summed E-state index contributed by atoms with van der Waals surface area (Å²) in [5, 5.41) is 10.4. The third kappa shape index (κ3) is 5.13. The van der Waals surface area contributed by atoms with E-state index < -0.39 is 22.2 Å². The van der Waals surface area contributed by atoms with E-state index in [-0.39, 0.29) is 18.3 Å². The molecule has 5 aromatic carbocycles. The molecular formula is C37H31NO4S. The fraction of sp³-hybridized carbons (Fsp3) is 0.135. The molecular weight excluding hydrogens is 554 g/mol. The first-order valence-electron chi connectivity index (χ1n) is 14.1. The van der Waals surface area contributed by atoms with Crippen LogP contribution in [0.2, 0.25) is 0 Å². The van der Waals surface area contributed by atoms with Crippen LogP contribution in [0.15, 0.2) is 140 Å². The van der Waals surface area contributed by atoms with E-state index in [2.05, 4.69) is 0 Å². The zero-order valence-electron chi connectivity index (χ0n) is 23.4. The summed E-state index contributed by atoms with van der Waals surface area (Å²) < 4.78 is 4.95. The second kappa shape index (κ2) is 11.9. The minimum atomic E-state index is -2.29. The predicted octanol–water partition coefficient (Wildman–Crippen LogP) is 6.85. The van der Waals surface area contributed by atoms with Crippen molar-refractivity contribution in [3.8, 4) is 11.1 Å². The number of carboxylic acid groups (broad SMARTS) is 1. The molecule has 0 aliphatic heterocycles. The van der Waals surface area contributed by atoms with Crippen molar-refractivity contribution in [3.05, 3.63) is 167 Å². The Kier molecular flexibility index (Phi) is 7.89. The van der Waals surface area contributed by atoms with Crippen molar-refractivity contribution < 1.29 is 19.4 Å². The van der Waals surface area contributed by atoms with Crippen LogP contribution >= 0.6 is 11.8 Å². The maximum atomic E-state index is 13.7. The van der Waals surface area contributed by atoms with E-state index in [0.29, 0.717) is 0 Å². The number of fused-ring (bicyclic) bond motifs is 3. The van der Waals surface area contributed by atoms with Gasteiger partial charge < -0.3 is 15.6 Å². The second-order valence-corrected chi connectivity index (χ2v) is 11.9. The Morgan fingerprint density at radius 3 is 1.47 bits per heavy atom. The molecule has 0 saturated heterocycles. The molecule has 5 nitrogen and oxygen atoms in total. The van der Waals surface area contributed by atoms with Gasteiger partial charge in [0.05, 0.1) is 4.75 Å². The molecule has 0 heterocycles. The number of carbonyl (C=O) groups is 2. The summed E-state index contributed by atoms with van der Waals surface area (Å²) in [7, 11) is 0. The summed E-state index contributed by atoms with van der Waals surface area (Å²) in [5.74, 6) is -2.82. The van der Waals surface area contributed by atoms with Gasteiger partial charge in [0.2, 0.25) is 5.54 Å². The molecule has 6 heteroatoms. The maximum absolute atomic E-state index is 13.7. The highest BCUT2D eigenvalue weighted by Gasteiger charge is 2.48. The lowest BCUT2D eigenvalue weighted by Crippen LogP contribution is -2.58. The molecule has 0 radical (unpaired) electrons. The van der Waals surface area contributed by atoms with E-state index >= 15 is 0 Å². The van der Waals surface area contributed by atoms with Gasteiger partial charge in [-0.15, -0.1) is 11.8 Å². The number of aliphatic carboxylic acids is 1. The molecule has 3 N–H and O–H groups in total. The van der Waals surface area contributed by atoms with Crippen molar-refractivity contribution in [2.75, 3.05) is 12.4 Å². The van der Waals surface area contributed by atoms with Crippen LogP contribution in [0.3, 0.4) is 0 Å². The first-order chi connectivity index (χ1) is 20.9. The number of carboxylic acids is 1. The molecule has 1 atom stereocenters. The first-order valence-corrected chi connectivity index (χ1v) is 15.1. The summed E-state index contributed by atoms with van der Waals surface area (Å²) in [6, 6.07) is 45.6. The lowest BCUT2D eigenvalue weighted by molar-refractivity contribution is -0.159. The van der Waals surface area contributed by atoms with Crippen molar-refractivity contribution >= 4 is 23.7 Å². The number of carbonyl (C=O) groups excluding carboxylic acids is 1. The van der Waals surface area contributed by atoms with Crippen LogP contribution in [0.1, 0.15) is 33.7 Å². The largest absolute Gasteiger partial charge is 0.479 e. The predicted molar refractivity (Wildman–Crippen MR) is 171 cm³/mol. The van der Waals surface area contributed by atoms with Crippen LogP contribution in [0.25, 0.3) is 11.1 Å². The van der Waals surface area contributed by atoms with Crippen molar-refractivity contribution in [1.82, 2.24) is 0 Å². The van der Waals surface area contributed by atoms with Crippen molar-refractivity contribution in [3.63, 3.8) is 0 Å². The number of ether oxygens (including phenoxy) is 1. The van der Waals surface area contributed by atoms with E-state index in [0.717, 1.165) is 38.9 Å². The van der Waals surface area contributed by atoms with Gasteiger partial charge in [0.15, 0.2) is 0 Å². The van der Waals surface area contributed by atoms with Crippen LogP contribution in [-0.2, 0) is 19.1 Å². The summed E-state index contributed by atoms with van der Waals surface area (Å²) in [4.78, 5) is 26.4. The highest BCUT2D eigenvalue weighted by atomic mass is 32.2. The number of benzene rings is 5. The fourth-order valence-electron chi connectivity index (χ4n) is 5.93. The van der Waals surface area contributed by atoms with E-state index in [1.807, 2.05) is 140 Å². The van der Waals surface area contributed by atoms with Gasteiger partial charge in [-0.05, 0) is 38.9 Å². The van der Waals surface area contributed by atoms with Crippen LogP contribution in [0.5, 0.6) is 0 Å². The van der Waals surface area contributed by atoms with Gasteiger partial charge >= 0.3 is 11.9 Å². The lowest BCUT2D eigenvalue weighted by Gasteiger charge is -2.37. The zero-order chi connectivity index (χ0) is 29.9. The second-order valence-electron chi connectivity index (χ2n) is 10.7. The third-order valence-corrected chi connectivity index (χ3v) is 9.89. The van der Waals surface area contributed by atoms with E-state index in [1.165, 1.54) is 11.8 Å². The van der Waals surface area contributed by atoms with Crippen LogP contribution in [0.4, 0.5) is 0 Å². The molecule has 0 bridgehead atoms. The van der Waals surface area contributed by atoms with Crippen molar-refractivity contribution in [2.24, 2.45) is 5.73 Å². The number of nitrogens with two attached hydrogens (primary N) is 1. The Labute approximate surface area is 255 Å². The maximum Gasteiger partial charge on any atom is 0.338 e. The standard InChI is InChI=1S/C37H31NO4S/c38-36(34(39)40,35(41)42-24-33-31-22-12-10-20-29(31)30-21-11-13-23-32(30)33)25-43-37(26-14-4-1-5-15-26,27-16-6-2-7-17-27)28-18-8-3-9-19-28/h1-23,33H,24-25,38H2,(H,39,40)/t36-/m0/s1. The molecule has 5 aromatic rings. The quantitative estimate of drug-likeness (QED) is 0.106. The van der Waals surface area contributed by atoms with Gasteiger partial charge in [-0.25, -0.2) is 9.59 Å². The van der Waals surface area contributed by atoms with Gasteiger partial charge in [0.1, 0.15) is 6.61 Å². The molecule has 1 aliphatic rings. The van der Waals surface area contributed by atoms with Gasteiger partial charge in [-0.2, -0.15) is 0 Å². The molecule has 6 rings (SSSR count). The van der Waals surface area contributed by atoms with Crippen molar-refractivity contribution in [1.29, 1.82) is 0 Å². The molecule has 214 valence electrons. The van der Waals surface area contributed by atoms with E-state index in [9.17, 15) is 14.7 Å². The zero-order valence-corrected chi connectivity index (χ0v) is 24.2. The summed E-state index contributed by atoms with van der Waals surface area (Å²) in [6.45, 7) is -0.00897. The average molecular weight is 586 g/mol. The number of hydrogen-bond acceptors (Lipinski definition) is 5. The van der Waals surface area contributed by atoms with Gasteiger partial charge in [0.25, 0.3) is 0 Å². The molecule has 0 saturated carbocycles. The average Bonchev–Trinajstić information content (AvgIpc) is 3.38. The number of rotatable bonds is 10. The van der Waals surface area contributed by atoms with Crippen LogP contribution < -0.4 is 5.73 Å². The van der Waals surface area contributed by atoms with Gasteiger partial charge in [-0.3, -0.25) is 0 Å². The minimum Gasteiger partial charge on any atom is -0.479 e. The highest BCUT2D eigenvalue weighted by molar-refractivity contribution is 8.00. The number of thioether (sulfide) groups is 1. The van der Waals surface area contributed by atoms with E-state index in [1.54, 1.807) is 0 Å². The van der Waals surface area contributed by atoms with Crippen LogP contribution in [0, 0.1) is 0 Å². The summed E-state index contributed by atoms with van der Waals surface area (Å²) >= 11 is 1.32. The summed E-state index contributed by atoms with van der Waals surface area (Å²) in [5.41, 5.74) is 11.3.